The van der Waals surface area contributed by atoms with Crippen molar-refractivity contribution in [2.75, 3.05) is 11.1 Å². The molecule has 0 spiro atoms. The first-order chi connectivity index (χ1) is 12.1. The van der Waals surface area contributed by atoms with Crippen molar-refractivity contribution < 1.29 is 9.59 Å². The van der Waals surface area contributed by atoms with E-state index in [0.29, 0.717) is 23.0 Å². The summed E-state index contributed by atoms with van der Waals surface area (Å²) in [4.78, 5) is 24.5. The van der Waals surface area contributed by atoms with Gasteiger partial charge in [-0.25, -0.2) is 4.68 Å². The van der Waals surface area contributed by atoms with Crippen molar-refractivity contribution in [3.8, 4) is 0 Å². The number of tetrazole rings is 1. The number of thiophene rings is 1. The Morgan fingerprint density at radius 2 is 2.04 bits per heavy atom. The Morgan fingerprint density at radius 3 is 2.72 bits per heavy atom. The van der Waals surface area contributed by atoms with E-state index in [4.69, 9.17) is 0 Å². The molecule has 0 saturated heterocycles. The molecule has 0 atom stereocenters. The fraction of sp³-hybridized carbons (Fsp3) is 0.188. The van der Waals surface area contributed by atoms with Crippen LogP contribution in [0.25, 0.3) is 0 Å². The number of anilines is 1. The minimum atomic E-state index is -0.146. The van der Waals surface area contributed by atoms with Gasteiger partial charge < -0.3 is 5.32 Å². The van der Waals surface area contributed by atoms with Crippen LogP contribution < -0.4 is 5.32 Å². The molecule has 0 aliphatic carbocycles. The normalized spacial score (nSPS) is 10.6. The maximum absolute atomic E-state index is 12.3. The second-order valence-electron chi connectivity index (χ2n) is 5.17. The minimum absolute atomic E-state index is 0.0231. The average Bonchev–Trinajstić information content (AvgIpc) is 3.25. The number of rotatable bonds is 7. The molecule has 0 aliphatic heterocycles. The molecule has 0 radical (unpaired) electrons. The highest BCUT2D eigenvalue weighted by Gasteiger charge is 2.12. The smallest absolute Gasteiger partial charge is 0.221 e. The van der Waals surface area contributed by atoms with Crippen molar-refractivity contribution >= 4 is 40.5 Å². The Bertz CT molecular complexity index is 859. The van der Waals surface area contributed by atoms with Crippen LogP contribution in [0, 0.1) is 0 Å². The third-order valence-corrected chi connectivity index (χ3v) is 5.06. The molecule has 9 heteroatoms. The molecule has 3 aromatic rings. The van der Waals surface area contributed by atoms with Crippen molar-refractivity contribution in [1.29, 1.82) is 0 Å². The highest BCUT2D eigenvalue weighted by molar-refractivity contribution is 7.99. The maximum Gasteiger partial charge on any atom is 0.221 e. The lowest BCUT2D eigenvalue weighted by atomic mass is 10.1. The van der Waals surface area contributed by atoms with Gasteiger partial charge in [0.05, 0.1) is 12.3 Å². The van der Waals surface area contributed by atoms with Gasteiger partial charge in [0.2, 0.25) is 11.1 Å². The molecule has 3 rings (SSSR count). The molecule has 0 aliphatic rings. The molecule has 0 saturated carbocycles. The van der Waals surface area contributed by atoms with Gasteiger partial charge in [0.25, 0.3) is 0 Å². The van der Waals surface area contributed by atoms with E-state index in [-0.39, 0.29) is 17.4 Å². The molecule has 2 heterocycles. The standard InChI is InChI=1S/C16H15N5O2S2/c1-11(22)17-13-6-4-12(5-7-13)15(23)10-25-16-18-19-20-21(16)9-14-3-2-8-24-14/h2-8H,9-10H2,1H3,(H,17,22). The number of nitrogens with one attached hydrogen (secondary N) is 1. The molecule has 1 N–H and O–H groups in total. The van der Waals surface area contributed by atoms with Crippen molar-refractivity contribution in [2.45, 2.75) is 18.6 Å². The zero-order valence-corrected chi connectivity index (χ0v) is 15.0. The van der Waals surface area contributed by atoms with Crippen LogP contribution >= 0.6 is 23.1 Å². The topological polar surface area (TPSA) is 89.8 Å². The van der Waals surface area contributed by atoms with Crippen LogP contribution in [0.4, 0.5) is 5.69 Å². The van der Waals surface area contributed by atoms with Gasteiger partial charge in [-0.15, -0.1) is 16.4 Å². The number of thioether (sulfide) groups is 1. The lowest BCUT2D eigenvalue weighted by Gasteiger charge is -2.05. The SMILES string of the molecule is CC(=O)Nc1ccc(C(=O)CSc2nnnn2Cc2cccs2)cc1. The Labute approximate surface area is 152 Å². The van der Waals surface area contributed by atoms with Gasteiger partial charge in [-0.1, -0.05) is 17.8 Å². The fourth-order valence-corrected chi connectivity index (χ4v) is 3.56. The number of Topliss-reactive ketones (excluding diaryl/α,β-unsaturated/α-hetero) is 1. The van der Waals surface area contributed by atoms with Gasteiger partial charge in [0, 0.05) is 23.1 Å². The molecular formula is C16H15N5O2S2. The van der Waals surface area contributed by atoms with Crippen molar-refractivity contribution in [3.05, 3.63) is 52.2 Å². The van der Waals surface area contributed by atoms with Gasteiger partial charge in [-0.3, -0.25) is 9.59 Å². The lowest BCUT2D eigenvalue weighted by molar-refractivity contribution is -0.114. The molecule has 1 amide bonds. The summed E-state index contributed by atoms with van der Waals surface area (Å²) in [5.74, 6) is 0.0712. The van der Waals surface area contributed by atoms with Crippen LogP contribution in [0.2, 0.25) is 0 Å². The molecule has 1 aromatic carbocycles. The quantitative estimate of drug-likeness (QED) is 0.506. The number of carbonyl (C=O) groups is 2. The van der Waals surface area contributed by atoms with Crippen LogP contribution in [0.15, 0.2) is 46.9 Å². The molecule has 0 unspecified atom stereocenters. The minimum Gasteiger partial charge on any atom is -0.326 e. The van der Waals surface area contributed by atoms with Crippen LogP contribution in [-0.4, -0.2) is 37.7 Å². The second-order valence-corrected chi connectivity index (χ2v) is 7.14. The largest absolute Gasteiger partial charge is 0.326 e. The summed E-state index contributed by atoms with van der Waals surface area (Å²) in [5, 5.41) is 16.9. The molecule has 128 valence electrons. The summed E-state index contributed by atoms with van der Waals surface area (Å²) in [6.07, 6.45) is 0. The van der Waals surface area contributed by atoms with Crippen molar-refractivity contribution in [2.24, 2.45) is 0 Å². The highest BCUT2D eigenvalue weighted by atomic mass is 32.2. The summed E-state index contributed by atoms with van der Waals surface area (Å²) < 4.78 is 1.68. The summed E-state index contributed by atoms with van der Waals surface area (Å²) in [5.41, 5.74) is 1.25. The first-order valence-corrected chi connectivity index (χ1v) is 9.30. The summed E-state index contributed by atoms with van der Waals surface area (Å²) in [7, 11) is 0. The average molecular weight is 373 g/mol. The zero-order valence-electron chi connectivity index (χ0n) is 13.4. The van der Waals surface area contributed by atoms with Gasteiger partial charge in [0.15, 0.2) is 5.78 Å². The first kappa shape index (κ1) is 17.3. The van der Waals surface area contributed by atoms with Crippen LogP contribution in [0.3, 0.4) is 0 Å². The molecule has 2 aromatic heterocycles. The van der Waals surface area contributed by atoms with E-state index >= 15 is 0 Å². The van der Waals surface area contributed by atoms with Gasteiger partial charge in [0.1, 0.15) is 0 Å². The van der Waals surface area contributed by atoms with E-state index in [9.17, 15) is 9.59 Å². The van der Waals surface area contributed by atoms with Crippen LogP contribution in [0.5, 0.6) is 0 Å². The van der Waals surface area contributed by atoms with E-state index in [0.717, 1.165) is 4.88 Å². The van der Waals surface area contributed by atoms with Crippen LogP contribution in [-0.2, 0) is 11.3 Å². The van der Waals surface area contributed by atoms with Crippen molar-refractivity contribution in [3.63, 3.8) is 0 Å². The second kappa shape index (κ2) is 8.04. The summed E-state index contributed by atoms with van der Waals surface area (Å²) in [6.45, 7) is 2.03. The number of amides is 1. The number of ketones is 1. The number of benzene rings is 1. The highest BCUT2D eigenvalue weighted by Crippen LogP contribution is 2.19. The third kappa shape index (κ3) is 4.74. The van der Waals surface area contributed by atoms with E-state index < -0.39 is 0 Å². The van der Waals surface area contributed by atoms with Gasteiger partial charge >= 0.3 is 0 Å². The van der Waals surface area contributed by atoms with Crippen LogP contribution in [0.1, 0.15) is 22.2 Å². The predicted octanol–water partition coefficient (Wildman–Crippen LogP) is 2.72. The number of aromatic nitrogens is 4. The van der Waals surface area contributed by atoms with E-state index in [1.165, 1.54) is 18.7 Å². The predicted molar refractivity (Wildman–Crippen MR) is 97.0 cm³/mol. The van der Waals surface area contributed by atoms with E-state index in [1.807, 2.05) is 17.5 Å². The third-order valence-electron chi connectivity index (χ3n) is 3.24. The Hall–Kier alpha value is -2.52. The molecule has 7 nitrogen and oxygen atoms in total. The molecule has 0 bridgehead atoms. The molecule has 25 heavy (non-hydrogen) atoms. The first-order valence-electron chi connectivity index (χ1n) is 7.44. The Balaban J connectivity index is 1.59. The lowest BCUT2D eigenvalue weighted by Crippen LogP contribution is -2.08. The number of hydrogen-bond acceptors (Lipinski definition) is 7. The van der Waals surface area contributed by atoms with E-state index in [1.54, 1.807) is 40.3 Å². The Kier molecular flexibility index (Phi) is 5.56. The number of carbonyl (C=O) groups excluding carboxylic acids is 2. The summed E-state index contributed by atoms with van der Waals surface area (Å²) >= 11 is 2.94. The fourth-order valence-electron chi connectivity index (χ4n) is 2.11. The molecule has 0 fully saturated rings. The Morgan fingerprint density at radius 1 is 1.24 bits per heavy atom. The van der Waals surface area contributed by atoms with Gasteiger partial charge in [-0.05, 0) is 46.1 Å². The molecular weight excluding hydrogens is 358 g/mol. The maximum atomic E-state index is 12.3. The zero-order chi connectivity index (χ0) is 17.6. The van der Waals surface area contributed by atoms with E-state index in [2.05, 4.69) is 20.8 Å². The van der Waals surface area contributed by atoms with Crippen molar-refractivity contribution in [1.82, 2.24) is 20.2 Å². The number of hydrogen-bond donors (Lipinski definition) is 1. The summed E-state index contributed by atoms with van der Waals surface area (Å²) in [6, 6.07) is 10.8. The monoisotopic (exact) mass is 373 g/mol. The number of nitrogens with zero attached hydrogens (tertiary/aromatic N) is 4. The van der Waals surface area contributed by atoms with Gasteiger partial charge in [-0.2, -0.15) is 0 Å².